The van der Waals surface area contributed by atoms with E-state index in [1.54, 1.807) is 18.5 Å². The number of carbonyl (C=O) groups excluding carboxylic acids is 1. The van der Waals surface area contributed by atoms with Gasteiger partial charge in [0.1, 0.15) is 0 Å². The van der Waals surface area contributed by atoms with Crippen molar-refractivity contribution < 1.29 is 14.4 Å². The first-order chi connectivity index (χ1) is 11.1. The van der Waals surface area contributed by atoms with Crippen LogP contribution in [0.25, 0.3) is 11.4 Å². The maximum Gasteiger partial charge on any atom is 0.227 e. The quantitative estimate of drug-likeness (QED) is 0.837. The predicted octanol–water partition coefficient (Wildman–Crippen LogP) is 1.49. The van der Waals surface area contributed by atoms with E-state index in [1.807, 2.05) is 6.07 Å². The first kappa shape index (κ1) is 15.6. The minimum atomic E-state index is -0.729. The average Bonchev–Trinajstić information content (AvgIpc) is 3.22. The van der Waals surface area contributed by atoms with Gasteiger partial charge in [0.25, 0.3) is 0 Å². The third kappa shape index (κ3) is 4.13. The van der Waals surface area contributed by atoms with Crippen molar-refractivity contribution in [3.05, 3.63) is 30.4 Å². The molecule has 1 aliphatic rings. The summed E-state index contributed by atoms with van der Waals surface area (Å²) in [6.07, 6.45) is 7.51. The molecule has 2 heterocycles. The van der Waals surface area contributed by atoms with Crippen LogP contribution in [0.2, 0.25) is 0 Å². The Kier molecular flexibility index (Phi) is 4.66. The molecule has 7 nitrogen and oxygen atoms in total. The third-order valence-electron chi connectivity index (χ3n) is 4.10. The third-order valence-corrected chi connectivity index (χ3v) is 4.10. The van der Waals surface area contributed by atoms with Gasteiger partial charge in [0.15, 0.2) is 0 Å². The lowest BCUT2D eigenvalue weighted by Gasteiger charge is -2.22. The monoisotopic (exact) mass is 316 g/mol. The molecule has 7 heteroatoms. The zero-order valence-electron chi connectivity index (χ0n) is 12.9. The van der Waals surface area contributed by atoms with E-state index in [0.717, 1.165) is 31.2 Å². The number of hydrogen-bond acceptors (Lipinski definition) is 6. The Morgan fingerprint density at radius 3 is 2.96 bits per heavy atom. The van der Waals surface area contributed by atoms with Crippen LogP contribution in [0.5, 0.6) is 0 Å². The summed E-state index contributed by atoms with van der Waals surface area (Å²) in [5.41, 5.74) is 0.0450. The minimum Gasteiger partial charge on any atom is -0.388 e. The highest BCUT2D eigenvalue weighted by molar-refractivity contribution is 5.76. The van der Waals surface area contributed by atoms with Gasteiger partial charge in [-0.3, -0.25) is 9.78 Å². The van der Waals surface area contributed by atoms with Crippen LogP contribution >= 0.6 is 0 Å². The molecule has 1 fully saturated rings. The summed E-state index contributed by atoms with van der Waals surface area (Å²) in [4.78, 5) is 20.1. The number of nitrogens with zero attached hydrogens (tertiary/aromatic N) is 3. The highest BCUT2D eigenvalue weighted by Gasteiger charge is 2.31. The Bertz CT molecular complexity index is 650. The topological polar surface area (TPSA) is 101 Å². The van der Waals surface area contributed by atoms with Crippen LogP contribution in [-0.4, -0.2) is 38.3 Å². The predicted molar refractivity (Wildman–Crippen MR) is 82.3 cm³/mol. The molecule has 2 aromatic rings. The van der Waals surface area contributed by atoms with Crippen LogP contribution in [0.15, 0.2) is 29.0 Å². The maximum absolute atomic E-state index is 11.9. The van der Waals surface area contributed by atoms with Crippen molar-refractivity contribution >= 4 is 5.91 Å². The highest BCUT2D eigenvalue weighted by Crippen LogP contribution is 2.28. The lowest BCUT2D eigenvalue weighted by molar-refractivity contribution is -0.122. The van der Waals surface area contributed by atoms with Gasteiger partial charge in [-0.2, -0.15) is 4.98 Å². The molecule has 0 radical (unpaired) electrons. The van der Waals surface area contributed by atoms with Crippen molar-refractivity contribution in [1.29, 1.82) is 0 Å². The number of aromatic nitrogens is 3. The lowest BCUT2D eigenvalue weighted by atomic mass is 10.0. The zero-order chi connectivity index (χ0) is 16.1. The van der Waals surface area contributed by atoms with E-state index in [9.17, 15) is 9.90 Å². The smallest absolute Gasteiger partial charge is 0.227 e. The Balaban J connectivity index is 1.47. The van der Waals surface area contributed by atoms with Crippen LogP contribution in [-0.2, 0) is 11.2 Å². The average molecular weight is 316 g/mol. The molecule has 1 amide bonds. The van der Waals surface area contributed by atoms with Crippen molar-refractivity contribution in [1.82, 2.24) is 20.4 Å². The first-order valence-corrected chi connectivity index (χ1v) is 7.87. The van der Waals surface area contributed by atoms with Gasteiger partial charge >= 0.3 is 0 Å². The molecule has 2 aromatic heterocycles. The molecule has 0 aromatic carbocycles. The second-order valence-corrected chi connectivity index (χ2v) is 5.96. The van der Waals surface area contributed by atoms with Gasteiger partial charge in [-0.1, -0.05) is 18.0 Å². The molecule has 2 N–H and O–H groups in total. The number of aryl methyl sites for hydroxylation is 1. The van der Waals surface area contributed by atoms with Crippen molar-refractivity contribution in [2.75, 3.05) is 6.54 Å². The molecule has 0 atom stereocenters. The normalized spacial score (nSPS) is 16.4. The van der Waals surface area contributed by atoms with Crippen molar-refractivity contribution in [2.45, 2.75) is 44.1 Å². The summed E-state index contributed by atoms with van der Waals surface area (Å²) in [6.45, 7) is 0.316. The fourth-order valence-corrected chi connectivity index (χ4v) is 2.75. The number of amides is 1. The SMILES string of the molecule is O=C(CCc1nc(-c2cccnc2)no1)NCC1(O)CCCC1. The van der Waals surface area contributed by atoms with Gasteiger partial charge in [-0.25, -0.2) is 0 Å². The second-order valence-electron chi connectivity index (χ2n) is 5.96. The molecule has 122 valence electrons. The molecule has 1 aliphatic carbocycles. The molecule has 0 spiro atoms. The molecule has 23 heavy (non-hydrogen) atoms. The van der Waals surface area contributed by atoms with Gasteiger partial charge in [-0.05, 0) is 25.0 Å². The number of hydrogen-bond donors (Lipinski definition) is 2. The Labute approximate surface area is 134 Å². The zero-order valence-corrected chi connectivity index (χ0v) is 12.9. The van der Waals surface area contributed by atoms with E-state index in [2.05, 4.69) is 20.4 Å². The molecule has 1 saturated carbocycles. The second kappa shape index (κ2) is 6.87. The fourth-order valence-electron chi connectivity index (χ4n) is 2.75. The number of carbonyl (C=O) groups is 1. The van der Waals surface area contributed by atoms with E-state index in [1.165, 1.54) is 0 Å². The van der Waals surface area contributed by atoms with E-state index >= 15 is 0 Å². The van der Waals surface area contributed by atoms with Gasteiger partial charge in [0.2, 0.25) is 17.6 Å². The molecule has 0 aliphatic heterocycles. The number of pyridine rings is 1. The molecular weight excluding hydrogens is 296 g/mol. The summed E-state index contributed by atoms with van der Waals surface area (Å²) in [5, 5.41) is 16.9. The summed E-state index contributed by atoms with van der Waals surface area (Å²) in [7, 11) is 0. The number of aliphatic hydroxyl groups is 1. The van der Waals surface area contributed by atoms with E-state index in [4.69, 9.17) is 4.52 Å². The first-order valence-electron chi connectivity index (χ1n) is 7.87. The highest BCUT2D eigenvalue weighted by atomic mass is 16.5. The summed E-state index contributed by atoms with van der Waals surface area (Å²) in [6, 6.07) is 3.64. The van der Waals surface area contributed by atoms with Gasteiger partial charge < -0.3 is 14.9 Å². The molecule has 0 saturated heterocycles. The maximum atomic E-state index is 11.9. The van der Waals surface area contributed by atoms with Gasteiger partial charge in [0.05, 0.1) is 5.60 Å². The van der Waals surface area contributed by atoms with E-state index in [0.29, 0.717) is 24.7 Å². The van der Waals surface area contributed by atoms with Gasteiger partial charge in [0, 0.05) is 37.3 Å². The number of nitrogens with one attached hydrogen (secondary N) is 1. The summed E-state index contributed by atoms with van der Waals surface area (Å²) < 4.78 is 5.15. The van der Waals surface area contributed by atoms with Crippen molar-refractivity contribution in [3.8, 4) is 11.4 Å². The minimum absolute atomic E-state index is 0.119. The van der Waals surface area contributed by atoms with Crippen LogP contribution in [0.4, 0.5) is 0 Å². The summed E-state index contributed by atoms with van der Waals surface area (Å²) >= 11 is 0. The van der Waals surface area contributed by atoms with Crippen molar-refractivity contribution in [3.63, 3.8) is 0 Å². The largest absolute Gasteiger partial charge is 0.388 e. The summed E-state index contributed by atoms with van der Waals surface area (Å²) in [5.74, 6) is 0.763. The van der Waals surface area contributed by atoms with Crippen LogP contribution < -0.4 is 5.32 Å². The lowest BCUT2D eigenvalue weighted by Crippen LogP contribution is -2.40. The molecular formula is C16H20N4O3. The Morgan fingerprint density at radius 2 is 2.22 bits per heavy atom. The standard InChI is InChI=1S/C16H20N4O3/c21-13(18-11-16(22)7-1-2-8-16)5-6-14-19-15(20-23-14)12-4-3-9-17-10-12/h3-4,9-10,22H,1-2,5-8,11H2,(H,18,21). The Hall–Kier alpha value is -2.28. The van der Waals surface area contributed by atoms with Crippen LogP contribution in [0.3, 0.4) is 0 Å². The molecule has 3 rings (SSSR count). The Morgan fingerprint density at radius 1 is 1.39 bits per heavy atom. The van der Waals surface area contributed by atoms with Crippen LogP contribution in [0.1, 0.15) is 38.0 Å². The molecule has 0 bridgehead atoms. The van der Waals surface area contributed by atoms with Gasteiger partial charge in [-0.15, -0.1) is 0 Å². The van der Waals surface area contributed by atoms with E-state index < -0.39 is 5.60 Å². The fraction of sp³-hybridized carbons (Fsp3) is 0.500. The molecule has 0 unspecified atom stereocenters. The van der Waals surface area contributed by atoms with E-state index in [-0.39, 0.29) is 12.3 Å². The van der Waals surface area contributed by atoms with Crippen LogP contribution in [0, 0.1) is 0 Å². The number of rotatable bonds is 6. The van der Waals surface area contributed by atoms with Crippen molar-refractivity contribution in [2.24, 2.45) is 0 Å².